The Bertz CT molecular complexity index is 1230. The molecule has 0 unspecified atom stereocenters. The number of hydrogen-bond acceptors (Lipinski definition) is 9. The summed E-state index contributed by atoms with van der Waals surface area (Å²) in [6.07, 6.45) is 4.08. The van der Waals surface area contributed by atoms with Gasteiger partial charge in [-0.1, -0.05) is 18.2 Å². The fourth-order valence-corrected chi connectivity index (χ4v) is 5.34. The smallest absolute Gasteiger partial charge is 0.373 e. The molecule has 1 fully saturated rings. The van der Waals surface area contributed by atoms with Crippen molar-refractivity contribution >= 4 is 33.1 Å². The van der Waals surface area contributed by atoms with Crippen molar-refractivity contribution in [2.24, 2.45) is 0 Å². The highest BCUT2D eigenvalue weighted by molar-refractivity contribution is 8.00. The van der Waals surface area contributed by atoms with Gasteiger partial charge in [-0.15, -0.1) is 11.8 Å². The minimum atomic E-state index is -3.36. The molecule has 0 aliphatic carbocycles. The summed E-state index contributed by atoms with van der Waals surface area (Å²) in [7, 11) is -3.36. The molecule has 11 heteroatoms. The molecule has 0 N–H and O–H groups in total. The maximum absolute atomic E-state index is 11.9. The predicted molar refractivity (Wildman–Crippen MR) is 126 cm³/mol. The van der Waals surface area contributed by atoms with Gasteiger partial charge in [-0.3, -0.25) is 10.1 Å². The van der Waals surface area contributed by atoms with Gasteiger partial charge in [0.05, 0.1) is 9.82 Å². The van der Waals surface area contributed by atoms with Crippen molar-refractivity contribution in [2.75, 3.05) is 24.2 Å². The van der Waals surface area contributed by atoms with Gasteiger partial charge in [0, 0.05) is 29.5 Å². The molecular formula is C22H22N4O5S2. The SMILES string of the molecule is CS(=O)(=O)c1ccc(Oc2ncnc(N3CCC(Sc4ccccc4)CC3)c2[N+](=O)[O-])cc1. The number of nitrogens with zero attached hydrogens (tertiary/aromatic N) is 4. The zero-order valence-corrected chi connectivity index (χ0v) is 19.5. The summed E-state index contributed by atoms with van der Waals surface area (Å²) in [6, 6.07) is 15.8. The summed E-state index contributed by atoms with van der Waals surface area (Å²) in [6.45, 7) is 1.26. The molecule has 3 aromatic rings. The lowest BCUT2D eigenvalue weighted by Gasteiger charge is -2.32. The largest absolute Gasteiger partial charge is 0.434 e. The van der Waals surface area contributed by atoms with E-state index in [1.54, 1.807) is 0 Å². The second-order valence-electron chi connectivity index (χ2n) is 7.57. The average Bonchev–Trinajstić information content (AvgIpc) is 2.80. The van der Waals surface area contributed by atoms with Gasteiger partial charge in [-0.25, -0.2) is 13.4 Å². The van der Waals surface area contributed by atoms with Crippen LogP contribution in [0.4, 0.5) is 11.5 Å². The molecule has 0 atom stereocenters. The van der Waals surface area contributed by atoms with Crippen molar-refractivity contribution in [3.63, 3.8) is 0 Å². The second kappa shape index (κ2) is 9.75. The Balaban J connectivity index is 1.50. The van der Waals surface area contributed by atoms with Gasteiger partial charge >= 0.3 is 11.6 Å². The molecule has 0 saturated carbocycles. The maximum Gasteiger partial charge on any atom is 0.373 e. The summed E-state index contributed by atoms with van der Waals surface area (Å²) in [4.78, 5) is 22.7. The van der Waals surface area contributed by atoms with Gasteiger partial charge in [-0.05, 0) is 49.2 Å². The number of hydrogen-bond donors (Lipinski definition) is 0. The Labute approximate surface area is 195 Å². The summed E-state index contributed by atoms with van der Waals surface area (Å²) in [5.41, 5.74) is -0.307. The number of thioether (sulfide) groups is 1. The lowest BCUT2D eigenvalue weighted by molar-refractivity contribution is -0.385. The monoisotopic (exact) mass is 486 g/mol. The molecule has 1 aliphatic rings. The molecule has 172 valence electrons. The number of sulfone groups is 1. The molecule has 0 amide bonds. The number of rotatable bonds is 7. The van der Waals surface area contributed by atoms with Crippen LogP contribution in [0.15, 0.2) is 70.7 Å². The van der Waals surface area contributed by atoms with Crippen LogP contribution >= 0.6 is 11.8 Å². The quantitative estimate of drug-likeness (QED) is 0.355. The van der Waals surface area contributed by atoms with Crippen molar-refractivity contribution in [1.82, 2.24) is 9.97 Å². The van der Waals surface area contributed by atoms with E-state index in [0.717, 1.165) is 19.1 Å². The van der Waals surface area contributed by atoms with Crippen LogP contribution in [-0.2, 0) is 9.84 Å². The van der Waals surface area contributed by atoms with E-state index in [1.807, 2.05) is 34.9 Å². The Morgan fingerprint density at radius 1 is 1.06 bits per heavy atom. The van der Waals surface area contributed by atoms with Gasteiger partial charge < -0.3 is 9.64 Å². The summed E-state index contributed by atoms with van der Waals surface area (Å²) in [5.74, 6) is 0.284. The Morgan fingerprint density at radius 3 is 2.33 bits per heavy atom. The van der Waals surface area contributed by atoms with E-state index in [2.05, 4.69) is 22.1 Å². The highest BCUT2D eigenvalue weighted by Gasteiger charge is 2.31. The van der Waals surface area contributed by atoms with Crippen LogP contribution < -0.4 is 9.64 Å². The molecule has 0 radical (unpaired) electrons. The predicted octanol–water partition coefficient (Wildman–Crippen LogP) is 4.34. The molecule has 4 rings (SSSR count). The molecule has 1 saturated heterocycles. The number of ether oxygens (including phenoxy) is 1. The highest BCUT2D eigenvalue weighted by Crippen LogP contribution is 2.38. The molecule has 0 bridgehead atoms. The maximum atomic E-state index is 11.9. The lowest BCUT2D eigenvalue weighted by Crippen LogP contribution is -2.35. The van der Waals surface area contributed by atoms with E-state index in [1.165, 1.54) is 35.5 Å². The van der Waals surface area contributed by atoms with E-state index < -0.39 is 14.8 Å². The van der Waals surface area contributed by atoms with Gasteiger partial charge in [0.1, 0.15) is 12.1 Å². The highest BCUT2D eigenvalue weighted by atomic mass is 32.2. The summed E-state index contributed by atoms with van der Waals surface area (Å²) < 4.78 is 28.9. The zero-order valence-electron chi connectivity index (χ0n) is 17.8. The first-order valence-electron chi connectivity index (χ1n) is 10.3. The third-order valence-electron chi connectivity index (χ3n) is 5.21. The van der Waals surface area contributed by atoms with Crippen LogP contribution in [0.1, 0.15) is 12.8 Å². The van der Waals surface area contributed by atoms with Crippen molar-refractivity contribution < 1.29 is 18.1 Å². The number of benzene rings is 2. The first kappa shape index (κ1) is 23.0. The Kier molecular flexibility index (Phi) is 6.80. The molecule has 0 spiro atoms. The van der Waals surface area contributed by atoms with Gasteiger partial charge in [0.2, 0.25) is 5.82 Å². The normalized spacial score (nSPS) is 14.8. The Hall–Kier alpha value is -3.18. The van der Waals surface area contributed by atoms with Crippen LogP contribution in [0.5, 0.6) is 11.6 Å². The van der Waals surface area contributed by atoms with Crippen LogP contribution in [0.2, 0.25) is 0 Å². The number of aromatic nitrogens is 2. The molecule has 2 heterocycles. The van der Waals surface area contributed by atoms with Crippen molar-refractivity contribution in [3.8, 4) is 11.6 Å². The van der Waals surface area contributed by atoms with E-state index in [-0.39, 0.29) is 28.0 Å². The fraction of sp³-hybridized carbons (Fsp3) is 0.273. The molecule has 2 aromatic carbocycles. The number of nitro groups is 1. The number of piperidine rings is 1. The first-order valence-corrected chi connectivity index (χ1v) is 13.0. The first-order chi connectivity index (χ1) is 15.8. The van der Waals surface area contributed by atoms with E-state index in [9.17, 15) is 18.5 Å². The molecule has 1 aliphatic heterocycles. The fourth-order valence-electron chi connectivity index (χ4n) is 3.56. The second-order valence-corrected chi connectivity index (χ2v) is 11.0. The Morgan fingerprint density at radius 2 is 1.73 bits per heavy atom. The molecule has 33 heavy (non-hydrogen) atoms. The van der Waals surface area contributed by atoms with Crippen molar-refractivity contribution in [1.29, 1.82) is 0 Å². The third kappa shape index (κ3) is 5.60. The molecule has 9 nitrogen and oxygen atoms in total. The van der Waals surface area contributed by atoms with E-state index >= 15 is 0 Å². The molecule has 1 aromatic heterocycles. The van der Waals surface area contributed by atoms with E-state index in [4.69, 9.17) is 4.74 Å². The van der Waals surface area contributed by atoms with E-state index in [0.29, 0.717) is 18.3 Å². The van der Waals surface area contributed by atoms with Gasteiger partial charge in [0.15, 0.2) is 9.84 Å². The summed E-state index contributed by atoms with van der Waals surface area (Å²) in [5, 5.41) is 12.3. The van der Waals surface area contributed by atoms with Gasteiger partial charge in [0.25, 0.3) is 0 Å². The summed E-state index contributed by atoms with van der Waals surface area (Å²) >= 11 is 1.82. The van der Waals surface area contributed by atoms with Crippen LogP contribution in [0, 0.1) is 10.1 Å². The van der Waals surface area contributed by atoms with Gasteiger partial charge in [-0.2, -0.15) is 4.98 Å². The minimum absolute atomic E-state index is 0.129. The average molecular weight is 487 g/mol. The minimum Gasteiger partial charge on any atom is -0.434 e. The van der Waals surface area contributed by atoms with Crippen LogP contribution in [0.25, 0.3) is 0 Å². The molecular weight excluding hydrogens is 464 g/mol. The zero-order chi connectivity index (χ0) is 23.4. The van der Waals surface area contributed by atoms with Crippen molar-refractivity contribution in [2.45, 2.75) is 27.9 Å². The van der Waals surface area contributed by atoms with Crippen LogP contribution in [-0.4, -0.2) is 47.9 Å². The lowest BCUT2D eigenvalue weighted by atomic mass is 10.1. The topological polar surface area (TPSA) is 116 Å². The van der Waals surface area contributed by atoms with Crippen molar-refractivity contribution in [3.05, 3.63) is 71.0 Å². The van der Waals surface area contributed by atoms with Crippen LogP contribution in [0.3, 0.4) is 0 Å². The standard InChI is InChI=1S/C22H22N4O5S2/c1-33(29,30)19-9-7-16(8-10-19)31-22-20(26(27)28)21(23-15-24-22)25-13-11-18(12-14-25)32-17-5-3-2-4-6-17/h2-10,15,18H,11-14H2,1H3. The number of anilines is 1. The third-order valence-corrected chi connectivity index (χ3v) is 7.68.